The van der Waals surface area contributed by atoms with Crippen molar-refractivity contribution < 1.29 is 22.7 Å². The van der Waals surface area contributed by atoms with Gasteiger partial charge in [-0.2, -0.15) is 4.31 Å². The van der Waals surface area contributed by atoms with Gasteiger partial charge in [0.2, 0.25) is 15.9 Å². The molecule has 1 heterocycles. The Morgan fingerprint density at radius 3 is 2.45 bits per heavy atom. The van der Waals surface area contributed by atoms with E-state index in [9.17, 15) is 13.2 Å². The molecular weight excluding hydrogens is 460 g/mol. The largest absolute Gasteiger partial charge is 0.492 e. The number of carbonyl (C=O) groups excluding carboxylic acids is 1. The molecule has 7 nitrogen and oxygen atoms in total. The zero-order valence-electron chi connectivity index (χ0n) is 17.1. The number of hydrogen-bond acceptors (Lipinski definition) is 6. The van der Waals surface area contributed by atoms with Crippen LogP contribution in [0, 0.1) is 0 Å². The van der Waals surface area contributed by atoms with E-state index in [0.29, 0.717) is 43.6 Å². The highest BCUT2D eigenvalue weighted by Gasteiger charge is 2.26. The molecule has 1 saturated heterocycles. The Kier molecular flexibility index (Phi) is 8.62. The van der Waals surface area contributed by atoms with Crippen LogP contribution in [0.15, 0.2) is 58.3 Å². The number of rotatable bonds is 9. The van der Waals surface area contributed by atoms with E-state index in [0.717, 1.165) is 4.90 Å². The van der Waals surface area contributed by atoms with Gasteiger partial charge in [0, 0.05) is 23.0 Å². The van der Waals surface area contributed by atoms with Crippen molar-refractivity contribution in [3.05, 3.63) is 53.6 Å². The van der Waals surface area contributed by atoms with Crippen LogP contribution >= 0.6 is 23.4 Å². The number of nitrogens with one attached hydrogen (secondary N) is 1. The lowest BCUT2D eigenvalue weighted by Crippen LogP contribution is -2.40. The van der Waals surface area contributed by atoms with Gasteiger partial charge in [-0.05, 0) is 55.5 Å². The van der Waals surface area contributed by atoms with E-state index in [1.165, 1.54) is 28.2 Å². The van der Waals surface area contributed by atoms with Gasteiger partial charge in [0.25, 0.3) is 0 Å². The van der Waals surface area contributed by atoms with Gasteiger partial charge in [-0.1, -0.05) is 11.6 Å². The molecule has 0 aromatic heterocycles. The van der Waals surface area contributed by atoms with Crippen LogP contribution in [-0.2, 0) is 19.6 Å². The first-order chi connectivity index (χ1) is 14.9. The van der Waals surface area contributed by atoms with E-state index in [2.05, 4.69) is 5.32 Å². The lowest BCUT2D eigenvalue weighted by atomic mass is 10.3. The Labute approximate surface area is 192 Å². The molecule has 31 heavy (non-hydrogen) atoms. The fourth-order valence-corrected chi connectivity index (χ4v) is 5.33. The number of halogens is 1. The molecule has 0 bridgehead atoms. The molecule has 0 aliphatic carbocycles. The van der Waals surface area contributed by atoms with E-state index >= 15 is 0 Å². The van der Waals surface area contributed by atoms with Crippen LogP contribution in [0.5, 0.6) is 5.75 Å². The van der Waals surface area contributed by atoms with Gasteiger partial charge in [-0.15, -0.1) is 11.8 Å². The molecule has 2 aromatic carbocycles. The summed E-state index contributed by atoms with van der Waals surface area (Å²) in [4.78, 5) is 13.4. The fraction of sp³-hybridized carbons (Fsp3) is 0.381. The summed E-state index contributed by atoms with van der Waals surface area (Å²) >= 11 is 7.32. The Morgan fingerprint density at radius 1 is 1.16 bits per heavy atom. The monoisotopic (exact) mass is 484 g/mol. The second-order valence-corrected chi connectivity index (χ2v) is 10.6. The summed E-state index contributed by atoms with van der Waals surface area (Å²) in [6.45, 7) is 3.98. The molecule has 0 radical (unpaired) electrons. The van der Waals surface area contributed by atoms with Gasteiger partial charge >= 0.3 is 0 Å². The average Bonchev–Trinajstić information content (AvgIpc) is 2.79. The zero-order valence-corrected chi connectivity index (χ0v) is 19.5. The number of thioether (sulfide) groups is 1. The highest BCUT2D eigenvalue weighted by atomic mass is 35.5. The van der Waals surface area contributed by atoms with Gasteiger partial charge < -0.3 is 14.8 Å². The second-order valence-electron chi connectivity index (χ2n) is 6.84. The lowest BCUT2D eigenvalue weighted by molar-refractivity contribution is -0.120. The van der Waals surface area contributed by atoms with Crippen LogP contribution in [-0.4, -0.2) is 63.3 Å². The van der Waals surface area contributed by atoms with Crippen molar-refractivity contribution in [3.8, 4) is 5.75 Å². The number of nitrogens with zero attached hydrogens (tertiary/aromatic N) is 1. The van der Waals surface area contributed by atoms with Crippen molar-refractivity contribution >= 4 is 39.3 Å². The Bertz CT molecular complexity index is 962. The van der Waals surface area contributed by atoms with Crippen molar-refractivity contribution in [1.82, 2.24) is 9.62 Å². The fourth-order valence-electron chi connectivity index (χ4n) is 2.90. The SMILES string of the molecule is C[C@@H](Sc1ccc(Cl)cc1)C(=O)NCCOc1ccc(S(=O)(=O)N2CCOCC2)cc1. The predicted octanol–water partition coefficient (Wildman–Crippen LogP) is 3.04. The summed E-state index contributed by atoms with van der Waals surface area (Å²) in [5.74, 6) is 0.453. The summed E-state index contributed by atoms with van der Waals surface area (Å²) in [7, 11) is -3.52. The molecule has 1 aliphatic rings. The van der Waals surface area contributed by atoms with E-state index < -0.39 is 10.0 Å². The topological polar surface area (TPSA) is 84.9 Å². The zero-order chi connectivity index (χ0) is 22.3. The minimum absolute atomic E-state index is 0.0875. The normalized spacial score (nSPS) is 15.9. The van der Waals surface area contributed by atoms with Gasteiger partial charge in [-0.3, -0.25) is 4.79 Å². The van der Waals surface area contributed by atoms with E-state index in [4.69, 9.17) is 21.1 Å². The van der Waals surface area contributed by atoms with Gasteiger partial charge in [-0.25, -0.2) is 8.42 Å². The van der Waals surface area contributed by atoms with E-state index in [-0.39, 0.29) is 22.7 Å². The summed E-state index contributed by atoms with van der Waals surface area (Å²) in [6, 6.07) is 13.6. The van der Waals surface area contributed by atoms with Crippen molar-refractivity contribution in [2.45, 2.75) is 22.0 Å². The number of ether oxygens (including phenoxy) is 2. The maximum Gasteiger partial charge on any atom is 0.243 e. The van der Waals surface area contributed by atoms with Crippen LogP contribution < -0.4 is 10.1 Å². The lowest BCUT2D eigenvalue weighted by Gasteiger charge is -2.26. The molecule has 0 unspecified atom stereocenters. The Balaban J connectivity index is 1.42. The number of benzene rings is 2. The minimum atomic E-state index is -3.52. The Morgan fingerprint density at radius 2 is 1.81 bits per heavy atom. The summed E-state index contributed by atoms with van der Waals surface area (Å²) < 4.78 is 37.5. The minimum Gasteiger partial charge on any atom is -0.492 e. The highest BCUT2D eigenvalue weighted by molar-refractivity contribution is 8.00. The van der Waals surface area contributed by atoms with Crippen LogP contribution in [0.3, 0.4) is 0 Å². The average molecular weight is 485 g/mol. The third-order valence-corrected chi connectivity index (χ3v) is 7.87. The van der Waals surface area contributed by atoms with Crippen LogP contribution in [0.1, 0.15) is 6.92 Å². The highest BCUT2D eigenvalue weighted by Crippen LogP contribution is 2.25. The van der Waals surface area contributed by atoms with Crippen LogP contribution in [0.2, 0.25) is 5.02 Å². The van der Waals surface area contributed by atoms with Gasteiger partial charge in [0.05, 0.1) is 29.9 Å². The summed E-state index contributed by atoms with van der Waals surface area (Å²) in [6.07, 6.45) is 0. The molecule has 3 rings (SSSR count). The molecule has 1 N–H and O–H groups in total. The van der Waals surface area contributed by atoms with Crippen molar-refractivity contribution in [2.24, 2.45) is 0 Å². The van der Waals surface area contributed by atoms with E-state index in [1.807, 2.05) is 19.1 Å². The predicted molar refractivity (Wildman–Crippen MR) is 121 cm³/mol. The number of morpholine rings is 1. The molecule has 1 amide bonds. The molecule has 1 aliphatic heterocycles. The third kappa shape index (κ3) is 6.85. The van der Waals surface area contributed by atoms with Crippen LogP contribution in [0.4, 0.5) is 0 Å². The smallest absolute Gasteiger partial charge is 0.243 e. The number of amides is 1. The molecule has 1 atom stereocenters. The summed E-state index contributed by atoms with van der Waals surface area (Å²) in [5.41, 5.74) is 0. The number of sulfonamides is 1. The molecule has 2 aromatic rings. The van der Waals surface area contributed by atoms with Crippen LogP contribution in [0.25, 0.3) is 0 Å². The standard InChI is InChI=1S/C21H25ClN2O5S2/c1-16(30-19-6-2-17(22)3-7-19)21(25)23-10-13-29-18-4-8-20(9-5-18)31(26,27)24-11-14-28-15-12-24/h2-9,16H,10-15H2,1H3,(H,23,25)/t16-/m1/s1. The number of carbonyl (C=O) groups is 1. The molecule has 0 saturated carbocycles. The summed E-state index contributed by atoms with van der Waals surface area (Å²) in [5, 5.41) is 3.24. The quantitative estimate of drug-likeness (QED) is 0.435. The first-order valence-electron chi connectivity index (χ1n) is 9.87. The number of hydrogen-bond donors (Lipinski definition) is 1. The maximum atomic E-state index is 12.6. The van der Waals surface area contributed by atoms with E-state index in [1.54, 1.807) is 24.3 Å². The molecule has 1 fully saturated rings. The Hall–Kier alpha value is -1.78. The first-order valence-corrected chi connectivity index (χ1v) is 12.6. The van der Waals surface area contributed by atoms with Gasteiger partial charge in [0.15, 0.2) is 0 Å². The second kappa shape index (κ2) is 11.2. The van der Waals surface area contributed by atoms with Crippen molar-refractivity contribution in [2.75, 3.05) is 39.5 Å². The van der Waals surface area contributed by atoms with Crippen molar-refractivity contribution in [1.29, 1.82) is 0 Å². The molecule has 168 valence electrons. The molecular formula is C21H25ClN2O5S2. The van der Waals surface area contributed by atoms with Gasteiger partial charge in [0.1, 0.15) is 12.4 Å². The molecule has 10 heteroatoms. The molecule has 0 spiro atoms. The third-order valence-electron chi connectivity index (χ3n) is 4.60. The van der Waals surface area contributed by atoms with Crippen molar-refractivity contribution in [3.63, 3.8) is 0 Å². The first kappa shape index (κ1) is 23.9. The maximum absolute atomic E-state index is 12.6.